The molecule has 7 nitrogen and oxygen atoms in total. The van der Waals surface area contributed by atoms with E-state index in [0.717, 1.165) is 6.07 Å². The molecule has 1 atom stereocenters. The first-order chi connectivity index (χ1) is 12.1. The van der Waals surface area contributed by atoms with Crippen LogP contribution in [0.1, 0.15) is 23.0 Å². The van der Waals surface area contributed by atoms with Crippen molar-refractivity contribution >= 4 is 35.0 Å². The molecule has 0 aliphatic carbocycles. The summed E-state index contributed by atoms with van der Waals surface area (Å²) in [5.41, 5.74) is 3.93. The van der Waals surface area contributed by atoms with Gasteiger partial charge in [0, 0.05) is 18.1 Å². The van der Waals surface area contributed by atoms with Crippen molar-refractivity contribution in [2.45, 2.75) is 19.2 Å². The van der Waals surface area contributed by atoms with E-state index < -0.39 is 34.7 Å². The van der Waals surface area contributed by atoms with Crippen molar-refractivity contribution < 1.29 is 27.5 Å². The zero-order chi connectivity index (χ0) is 19.5. The van der Waals surface area contributed by atoms with Gasteiger partial charge in [-0.05, 0) is 25.1 Å². The highest BCUT2D eigenvalue weighted by Crippen LogP contribution is 2.36. The molecule has 0 unspecified atom stereocenters. The molecule has 2 aromatic rings. The van der Waals surface area contributed by atoms with Gasteiger partial charge in [-0.2, -0.15) is 13.2 Å². The quantitative estimate of drug-likeness (QED) is 0.780. The number of esters is 1. The molecular weight excluding hydrogens is 377 g/mol. The van der Waals surface area contributed by atoms with Crippen LogP contribution in [0.15, 0.2) is 30.6 Å². The lowest BCUT2D eigenvalue weighted by Gasteiger charge is -2.15. The van der Waals surface area contributed by atoms with Crippen LogP contribution in [0, 0.1) is 0 Å². The first-order valence-corrected chi connectivity index (χ1v) is 7.42. The minimum absolute atomic E-state index is 0.159. The fraction of sp³-hybridized carbons (Fsp3) is 0.200. The smallest absolute Gasteiger partial charge is 0.417 e. The third-order valence-electron chi connectivity index (χ3n) is 3.11. The number of benzene rings is 1. The molecular formula is C15H12ClF3N4O3. The number of ether oxygens (including phenoxy) is 1. The number of amides is 1. The Balaban J connectivity index is 2.08. The summed E-state index contributed by atoms with van der Waals surface area (Å²) in [5.74, 6) is -2.03. The molecule has 0 aliphatic rings. The molecule has 0 radical (unpaired) electrons. The van der Waals surface area contributed by atoms with Gasteiger partial charge in [0.05, 0.1) is 10.6 Å². The van der Waals surface area contributed by atoms with Crippen molar-refractivity contribution in [3.05, 3.63) is 46.9 Å². The highest BCUT2D eigenvalue weighted by molar-refractivity contribution is 6.31. The van der Waals surface area contributed by atoms with E-state index in [1.54, 1.807) is 0 Å². The molecule has 0 saturated heterocycles. The Morgan fingerprint density at radius 1 is 1.27 bits per heavy atom. The molecule has 138 valence electrons. The lowest BCUT2D eigenvalue weighted by atomic mass is 10.2. The van der Waals surface area contributed by atoms with E-state index in [1.807, 2.05) is 0 Å². The molecule has 1 amide bonds. The molecule has 0 saturated carbocycles. The number of nitrogens with zero attached hydrogens (tertiary/aromatic N) is 2. The zero-order valence-electron chi connectivity index (χ0n) is 13.2. The fourth-order valence-corrected chi connectivity index (χ4v) is 2.06. The maximum atomic E-state index is 12.8. The van der Waals surface area contributed by atoms with E-state index in [2.05, 4.69) is 15.3 Å². The van der Waals surface area contributed by atoms with E-state index in [4.69, 9.17) is 22.1 Å². The molecule has 11 heteroatoms. The summed E-state index contributed by atoms with van der Waals surface area (Å²) in [6.45, 7) is 1.24. The molecule has 1 aromatic heterocycles. The van der Waals surface area contributed by atoms with Crippen molar-refractivity contribution in [3.63, 3.8) is 0 Å². The van der Waals surface area contributed by atoms with Crippen LogP contribution in [0.2, 0.25) is 5.02 Å². The van der Waals surface area contributed by atoms with Crippen LogP contribution >= 0.6 is 11.6 Å². The predicted octanol–water partition coefficient (Wildman–Crippen LogP) is 2.92. The molecule has 1 aromatic carbocycles. The van der Waals surface area contributed by atoms with Crippen molar-refractivity contribution in [3.8, 4) is 0 Å². The highest BCUT2D eigenvalue weighted by Gasteiger charge is 2.33. The Labute approximate surface area is 150 Å². The Morgan fingerprint density at radius 2 is 1.92 bits per heavy atom. The summed E-state index contributed by atoms with van der Waals surface area (Å²) in [6, 6.07) is 2.86. The molecule has 26 heavy (non-hydrogen) atoms. The Hall–Kier alpha value is -2.88. The first kappa shape index (κ1) is 19.4. The number of alkyl halides is 3. The number of halogens is 4. The van der Waals surface area contributed by atoms with Gasteiger partial charge in [-0.1, -0.05) is 11.6 Å². The number of carbonyl (C=O) groups excluding carboxylic acids is 2. The molecule has 3 N–H and O–H groups in total. The number of nitrogens with one attached hydrogen (secondary N) is 1. The lowest BCUT2D eigenvalue weighted by Crippen LogP contribution is -2.30. The van der Waals surface area contributed by atoms with E-state index in [9.17, 15) is 22.8 Å². The summed E-state index contributed by atoms with van der Waals surface area (Å²) in [5, 5.41) is 1.70. The Bertz CT molecular complexity index is 845. The number of rotatable bonds is 4. The predicted molar refractivity (Wildman–Crippen MR) is 86.4 cm³/mol. The van der Waals surface area contributed by atoms with Gasteiger partial charge in [0.25, 0.3) is 5.91 Å². The van der Waals surface area contributed by atoms with Gasteiger partial charge in [-0.3, -0.25) is 4.79 Å². The number of aromatic nitrogens is 2. The van der Waals surface area contributed by atoms with Crippen LogP contribution in [0.3, 0.4) is 0 Å². The lowest BCUT2D eigenvalue weighted by molar-refractivity contribution is -0.137. The van der Waals surface area contributed by atoms with E-state index in [1.165, 1.54) is 25.4 Å². The fourth-order valence-electron chi connectivity index (χ4n) is 1.84. The standard InChI is InChI=1S/C15H12ClF3N4O3/c1-7(26-14(25)11-12(20)22-5-4-21-11)13(24)23-8-2-3-10(16)9(6-8)15(17,18)19/h2-7H,1H3,(H2,20,22)(H,23,24)/t7-/m0/s1. The van der Waals surface area contributed by atoms with Gasteiger partial charge in [0.15, 0.2) is 17.6 Å². The second-order valence-corrected chi connectivity index (χ2v) is 5.43. The molecule has 2 rings (SSSR count). The summed E-state index contributed by atoms with van der Waals surface area (Å²) in [6.07, 6.45) is -3.53. The maximum Gasteiger partial charge on any atom is 0.417 e. The van der Waals surface area contributed by atoms with Crippen molar-refractivity contribution in [2.75, 3.05) is 11.1 Å². The van der Waals surface area contributed by atoms with Gasteiger partial charge in [0.1, 0.15) is 0 Å². The number of nitrogen functional groups attached to an aromatic ring is 1. The van der Waals surface area contributed by atoms with Gasteiger partial charge < -0.3 is 15.8 Å². The summed E-state index contributed by atoms with van der Waals surface area (Å²) >= 11 is 5.50. The van der Waals surface area contributed by atoms with Gasteiger partial charge >= 0.3 is 12.1 Å². The number of hydrogen-bond acceptors (Lipinski definition) is 6. The van der Waals surface area contributed by atoms with Crippen LogP contribution in [0.25, 0.3) is 0 Å². The topological polar surface area (TPSA) is 107 Å². The molecule has 0 aliphatic heterocycles. The van der Waals surface area contributed by atoms with Gasteiger partial charge in [-0.15, -0.1) is 0 Å². The zero-order valence-corrected chi connectivity index (χ0v) is 13.9. The van der Waals surface area contributed by atoms with Crippen LogP contribution in [-0.2, 0) is 15.7 Å². The van der Waals surface area contributed by atoms with E-state index in [-0.39, 0.29) is 17.2 Å². The summed E-state index contributed by atoms with van der Waals surface area (Å²) in [4.78, 5) is 31.3. The molecule has 0 spiro atoms. The molecule has 0 fully saturated rings. The van der Waals surface area contributed by atoms with Crippen molar-refractivity contribution in [2.24, 2.45) is 0 Å². The third kappa shape index (κ3) is 4.60. The maximum absolute atomic E-state index is 12.8. The molecule has 1 heterocycles. The molecule has 0 bridgehead atoms. The van der Waals surface area contributed by atoms with Gasteiger partial charge in [-0.25, -0.2) is 14.8 Å². The number of anilines is 2. The SMILES string of the molecule is C[C@H](OC(=O)c1nccnc1N)C(=O)Nc1ccc(Cl)c(C(F)(F)F)c1. The highest BCUT2D eigenvalue weighted by atomic mass is 35.5. The summed E-state index contributed by atoms with van der Waals surface area (Å²) < 4.78 is 43.4. The van der Waals surface area contributed by atoms with Crippen molar-refractivity contribution in [1.82, 2.24) is 9.97 Å². The minimum Gasteiger partial charge on any atom is -0.448 e. The van der Waals surface area contributed by atoms with Crippen LogP contribution in [0.4, 0.5) is 24.7 Å². The average molecular weight is 389 g/mol. The van der Waals surface area contributed by atoms with Crippen LogP contribution in [0.5, 0.6) is 0 Å². The monoisotopic (exact) mass is 388 g/mol. The summed E-state index contributed by atoms with van der Waals surface area (Å²) in [7, 11) is 0. The Morgan fingerprint density at radius 3 is 2.54 bits per heavy atom. The first-order valence-electron chi connectivity index (χ1n) is 7.04. The van der Waals surface area contributed by atoms with E-state index in [0.29, 0.717) is 6.07 Å². The normalized spacial score (nSPS) is 12.3. The number of carbonyl (C=O) groups is 2. The minimum atomic E-state index is -4.68. The van der Waals surface area contributed by atoms with Crippen LogP contribution < -0.4 is 11.1 Å². The number of nitrogens with two attached hydrogens (primary N) is 1. The van der Waals surface area contributed by atoms with Gasteiger partial charge in [0.2, 0.25) is 0 Å². The largest absolute Gasteiger partial charge is 0.448 e. The Kier molecular flexibility index (Phi) is 5.66. The third-order valence-corrected chi connectivity index (χ3v) is 3.44. The van der Waals surface area contributed by atoms with Crippen molar-refractivity contribution in [1.29, 1.82) is 0 Å². The van der Waals surface area contributed by atoms with Crippen LogP contribution in [-0.4, -0.2) is 27.9 Å². The van der Waals surface area contributed by atoms with E-state index >= 15 is 0 Å². The number of hydrogen-bond donors (Lipinski definition) is 2. The average Bonchev–Trinajstić information content (AvgIpc) is 2.55. The second kappa shape index (κ2) is 7.56. The second-order valence-electron chi connectivity index (χ2n) is 5.02.